The Morgan fingerprint density at radius 1 is 1.13 bits per heavy atom. The molecule has 13 heteroatoms. The van der Waals surface area contributed by atoms with Crippen LogP contribution in [0.4, 0.5) is 26.3 Å². The van der Waals surface area contributed by atoms with Gasteiger partial charge in [-0.1, -0.05) is 11.6 Å². The van der Waals surface area contributed by atoms with Crippen molar-refractivity contribution >= 4 is 17.5 Å². The minimum Gasteiger partial charge on any atom is -0.356 e. The number of amides is 1. The van der Waals surface area contributed by atoms with E-state index in [0.29, 0.717) is 12.1 Å². The molecule has 2 aromatic rings. The van der Waals surface area contributed by atoms with E-state index in [4.69, 9.17) is 11.6 Å². The topological polar surface area (TPSA) is 64.7 Å². The molecule has 2 heterocycles. The average Bonchev–Trinajstić information content (AvgIpc) is 3.31. The van der Waals surface area contributed by atoms with Crippen LogP contribution in [-0.4, -0.2) is 32.0 Å². The number of aryl methyl sites for hydroxylation is 3. The van der Waals surface area contributed by atoms with Crippen LogP contribution in [0.15, 0.2) is 6.07 Å². The summed E-state index contributed by atoms with van der Waals surface area (Å²) in [5.41, 5.74) is -1.47. The summed E-state index contributed by atoms with van der Waals surface area (Å²) in [6.07, 6.45) is -7.46. The highest BCUT2D eigenvalue weighted by atomic mass is 35.5. The zero-order valence-electron chi connectivity index (χ0n) is 16.4. The summed E-state index contributed by atoms with van der Waals surface area (Å²) in [6, 6.07) is 0.903. The Labute approximate surface area is 178 Å². The van der Waals surface area contributed by atoms with Gasteiger partial charge >= 0.3 is 12.4 Å². The Balaban J connectivity index is 1.48. The molecule has 1 amide bonds. The highest BCUT2D eigenvalue weighted by Gasteiger charge is 2.42. The number of nitrogens with one attached hydrogen (secondary N) is 1. The molecule has 1 fully saturated rings. The summed E-state index contributed by atoms with van der Waals surface area (Å²) in [4.78, 5) is 12.0. The van der Waals surface area contributed by atoms with Gasteiger partial charge in [-0.25, -0.2) is 0 Å². The van der Waals surface area contributed by atoms with Crippen LogP contribution >= 0.6 is 11.6 Å². The Morgan fingerprint density at radius 3 is 2.35 bits per heavy atom. The smallest absolute Gasteiger partial charge is 0.356 e. The average molecular weight is 472 g/mol. The number of hydrogen-bond acceptors (Lipinski definition) is 3. The van der Waals surface area contributed by atoms with E-state index in [2.05, 4.69) is 15.5 Å². The third-order valence-corrected chi connectivity index (χ3v) is 5.23. The first kappa shape index (κ1) is 23.4. The lowest BCUT2D eigenvalue weighted by molar-refractivity contribution is -0.142. The lowest BCUT2D eigenvalue weighted by atomic mass is 10.2. The van der Waals surface area contributed by atoms with Crippen molar-refractivity contribution in [2.75, 3.05) is 6.54 Å². The maximum atomic E-state index is 13.1. The van der Waals surface area contributed by atoms with E-state index in [0.717, 1.165) is 23.6 Å². The molecule has 0 atom stereocenters. The van der Waals surface area contributed by atoms with Gasteiger partial charge < -0.3 is 5.32 Å². The lowest BCUT2D eigenvalue weighted by Crippen LogP contribution is -2.26. The number of aromatic nitrogens is 4. The van der Waals surface area contributed by atoms with Crippen molar-refractivity contribution in [1.82, 2.24) is 24.9 Å². The fraction of sp³-hybridized carbons (Fsp3) is 0.611. The quantitative estimate of drug-likeness (QED) is 0.454. The normalized spacial score (nSPS) is 14.8. The summed E-state index contributed by atoms with van der Waals surface area (Å²) in [5.74, 6) is -0.440. The van der Waals surface area contributed by atoms with Gasteiger partial charge in [-0.2, -0.15) is 36.5 Å². The number of alkyl halides is 6. The molecular formula is C18H20ClF6N5O. The Bertz CT molecular complexity index is 945. The van der Waals surface area contributed by atoms with Crippen molar-refractivity contribution in [3.63, 3.8) is 0 Å². The van der Waals surface area contributed by atoms with Crippen LogP contribution in [0, 0.1) is 6.92 Å². The van der Waals surface area contributed by atoms with Crippen LogP contribution in [0.3, 0.4) is 0 Å². The Morgan fingerprint density at radius 2 is 1.81 bits per heavy atom. The molecule has 172 valence electrons. The highest BCUT2D eigenvalue weighted by Crippen LogP contribution is 2.46. The van der Waals surface area contributed by atoms with E-state index in [1.165, 1.54) is 11.6 Å². The highest BCUT2D eigenvalue weighted by molar-refractivity contribution is 6.32. The van der Waals surface area contributed by atoms with Crippen LogP contribution in [0.2, 0.25) is 5.02 Å². The predicted molar refractivity (Wildman–Crippen MR) is 98.4 cm³/mol. The summed E-state index contributed by atoms with van der Waals surface area (Å²) in [5, 5.41) is 9.29. The molecule has 0 bridgehead atoms. The predicted octanol–water partition coefficient (Wildman–Crippen LogP) is 4.55. The second-order valence-electron chi connectivity index (χ2n) is 7.39. The minimum absolute atomic E-state index is 0.0245. The molecule has 6 nitrogen and oxygen atoms in total. The summed E-state index contributed by atoms with van der Waals surface area (Å²) < 4.78 is 79.5. The maximum Gasteiger partial charge on any atom is 0.436 e. The van der Waals surface area contributed by atoms with Crippen LogP contribution in [0.25, 0.3) is 0 Å². The Kier molecular flexibility index (Phi) is 6.59. The number of nitrogens with zero attached hydrogens (tertiary/aromatic N) is 4. The van der Waals surface area contributed by atoms with Gasteiger partial charge in [-0.05, 0) is 32.3 Å². The van der Waals surface area contributed by atoms with Crippen molar-refractivity contribution in [2.45, 2.75) is 64.0 Å². The van der Waals surface area contributed by atoms with Gasteiger partial charge in [0.05, 0.1) is 10.7 Å². The Hall–Kier alpha value is -2.24. The molecule has 0 radical (unpaired) electrons. The zero-order chi connectivity index (χ0) is 23.0. The van der Waals surface area contributed by atoms with E-state index in [1.807, 2.05) is 0 Å². The standard InChI is InChI=1S/C18H20ClF6N5O/c1-10-9-12(17(20,21)22)27-29(10)8-5-13(31)26-6-2-7-30-15(11-3-4-11)14(19)16(28-30)18(23,24)25/h9,11H,2-8H2,1H3,(H,26,31). The van der Waals surface area contributed by atoms with Gasteiger partial charge in [-0.15, -0.1) is 0 Å². The number of carbonyl (C=O) groups is 1. The lowest BCUT2D eigenvalue weighted by Gasteiger charge is -2.09. The van der Waals surface area contributed by atoms with E-state index in [9.17, 15) is 31.1 Å². The second-order valence-corrected chi connectivity index (χ2v) is 7.77. The van der Waals surface area contributed by atoms with Gasteiger partial charge in [0.2, 0.25) is 5.91 Å². The molecule has 1 aliphatic carbocycles. The fourth-order valence-corrected chi connectivity index (χ4v) is 3.58. The van der Waals surface area contributed by atoms with E-state index >= 15 is 0 Å². The third-order valence-electron chi connectivity index (χ3n) is 4.86. The second kappa shape index (κ2) is 8.71. The number of halogens is 7. The largest absolute Gasteiger partial charge is 0.436 e. The number of carbonyl (C=O) groups excluding carboxylic acids is 1. The van der Waals surface area contributed by atoms with E-state index in [1.54, 1.807) is 0 Å². The molecule has 3 rings (SSSR count). The molecular weight excluding hydrogens is 452 g/mol. The first-order valence-corrected chi connectivity index (χ1v) is 9.97. The molecule has 0 spiro atoms. The molecule has 31 heavy (non-hydrogen) atoms. The molecule has 1 aliphatic rings. The van der Waals surface area contributed by atoms with Crippen molar-refractivity contribution in [3.8, 4) is 0 Å². The number of hydrogen-bond donors (Lipinski definition) is 1. The maximum absolute atomic E-state index is 13.1. The van der Waals surface area contributed by atoms with Crippen molar-refractivity contribution in [3.05, 3.63) is 33.9 Å². The van der Waals surface area contributed by atoms with Crippen LogP contribution in [0.5, 0.6) is 0 Å². The third kappa shape index (κ3) is 5.72. The molecule has 0 aromatic carbocycles. The van der Waals surface area contributed by atoms with Gasteiger partial charge in [-0.3, -0.25) is 14.2 Å². The van der Waals surface area contributed by atoms with E-state index in [-0.39, 0.29) is 42.7 Å². The summed E-state index contributed by atoms with van der Waals surface area (Å²) >= 11 is 5.90. The number of rotatable bonds is 8. The van der Waals surface area contributed by atoms with Crippen molar-refractivity contribution in [1.29, 1.82) is 0 Å². The fourth-order valence-electron chi connectivity index (χ4n) is 3.18. The minimum atomic E-state index is -4.64. The van der Waals surface area contributed by atoms with Crippen LogP contribution in [-0.2, 0) is 30.2 Å². The van der Waals surface area contributed by atoms with Gasteiger partial charge in [0.1, 0.15) is 0 Å². The summed E-state index contributed by atoms with van der Waals surface area (Å²) in [7, 11) is 0. The zero-order valence-corrected chi connectivity index (χ0v) is 17.2. The van der Waals surface area contributed by atoms with E-state index < -0.39 is 29.6 Å². The van der Waals surface area contributed by atoms with Gasteiger partial charge in [0.15, 0.2) is 11.4 Å². The molecule has 2 aromatic heterocycles. The molecule has 0 saturated heterocycles. The molecule has 1 N–H and O–H groups in total. The molecule has 1 saturated carbocycles. The molecule has 0 unspecified atom stereocenters. The van der Waals surface area contributed by atoms with Crippen LogP contribution < -0.4 is 5.32 Å². The van der Waals surface area contributed by atoms with Crippen molar-refractivity contribution in [2.24, 2.45) is 0 Å². The van der Waals surface area contributed by atoms with Crippen LogP contribution in [0.1, 0.15) is 54.4 Å². The van der Waals surface area contributed by atoms with Gasteiger partial charge in [0.25, 0.3) is 0 Å². The first-order valence-electron chi connectivity index (χ1n) is 9.59. The monoisotopic (exact) mass is 471 g/mol. The van der Waals surface area contributed by atoms with Crippen molar-refractivity contribution < 1.29 is 31.1 Å². The molecule has 0 aliphatic heterocycles. The first-order chi connectivity index (χ1) is 14.4. The van der Waals surface area contributed by atoms with Gasteiger partial charge in [0, 0.05) is 37.7 Å². The summed E-state index contributed by atoms with van der Waals surface area (Å²) in [6.45, 7) is 1.76. The SMILES string of the molecule is Cc1cc(C(F)(F)F)nn1CCC(=O)NCCCn1nc(C(F)(F)F)c(Cl)c1C1CC1.